The van der Waals surface area contributed by atoms with E-state index in [1.807, 2.05) is 12.1 Å². The molecule has 1 atom stereocenters. The summed E-state index contributed by atoms with van der Waals surface area (Å²) in [5, 5.41) is 1.22. The molecule has 16 heavy (non-hydrogen) atoms. The molecule has 0 radical (unpaired) electrons. The number of ketones is 1. The molecule has 1 fully saturated rings. The summed E-state index contributed by atoms with van der Waals surface area (Å²) in [4.78, 5) is 11.7. The van der Waals surface area contributed by atoms with E-state index in [2.05, 4.69) is 15.9 Å². The molecule has 0 spiro atoms. The lowest BCUT2D eigenvalue weighted by Crippen LogP contribution is -2.18. The standard InChI is InChI=1S/C12H11BrCl2O/c13-11(12(16)8-1-2-8)5-7-3-9(14)6-10(15)4-7/h3-4,6,8,11H,1-2,5H2. The lowest BCUT2D eigenvalue weighted by atomic mass is 10.1. The number of hydrogen-bond donors (Lipinski definition) is 0. The quantitative estimate of drug-likeness (QED) is 0.756. The van der Waals surface area contributed by atoms with Gasteiger partial charge < -0.3 is 0 Å². The molecular weight excluding hydrogens is 311 g/mol. The number of Topliss-reactive ketones (excluding diaryl/α,β-unsaturated/α-hetero) is 1. The van der Waals surface area contributed by atoms with Crippen LogP contribution in [0.2, 0.25) is 10.0 Å². The zero-order chi connectivity index (χ0) is 11.7. The van der Waals surface area contributed by atoms with Gasteiger partial charge in [0.1, 0.15) is 5.78 Å². The van der Waals surface area contributed by atoms with Gasteiger partial charge in [0.05, 0.1) is 4.83 Å². The molecule has 4 heteroatoms. The third-order valence-corrected chi connectivity index (χ3v) is 3.84. The van der Waals surface area contributed by atoms with Crippen molar-refractivity contribution in [3.63, 3.8) is 0 Å². The third kappa shape index (κ3) is 3.22. The van der Waals surface area contributed by atoms with E-state index >= 15 is 0 Å². The molecule has 1 aliphatic carbocycles. The zero-order valence-corrected chi connectivity index (χ0v) is 11.6. The Balaban J connectivity index is 2.04. The number of carbonyl (C=O) groups is 1. The molecular formula is C12H11BrCl2O. The van der Waals surface area contributed by atoms with Crippen LogP contribution in [0.4, 0.5) is 0 Å². The number of rotatable bonds is 4. The van der Waals surface area contributed by atoms with E-state index in [9.17, 15) is 4.79 Å². The van der Waals surface area contributed by atoms with Gasteiger partial charge in [0.15, 0.2) is 0 Å². The highest BCUT2D eigenvalue weighted by atomic mass is 79.9. The Kier molecular flexibility index (Phi) is 3.93. The van der Waals surface area contributed by atoms with Crippen LogP contribution < -0.4 is 0 Å². The fraction of sp³-hybridized carbons (Fsp3) is 0.417. The fourth-order valence-corrected chi connectivity index (χ4v) is 2.98. The summed E-state index contributed by atoms with van der Waals surface area (Å²) in [6, 6.07) is 5.39. The van der Waals surface area contributed by atoms with Crippen molar-refractivity contribution in [2.24, 2.45) is 5.92 Å². The van der Waals surface area contributed by atoms with Crippen LogP contribution in [0.25, 0.3) is 0 Å². The van der Waals surface area contributed by atoms with Gasteiger partial charge in [0, 0.05) is 16.0 Å². The molecule has 1 saturated carbocycles. The van der Waals surface area contributed by atoms with Gasteiger partial charge in [0.2, 0.25) is 0 Å². The largest absolute Gasteiger partial charge is 0.298 e. The van der Waals surface area contributed by atoms with Gasteiger partial charge in [-0.05, 0) is 43.0 Å². The van der Waals surface area contributed by atoms with Crippen LogP contribution in [0, 0.1) is 5.92 Å². The molecule has 0 saturated heterocycles. The highest BCUT2D eigenvalue weighted by Gasteiger charge is 2.33. The van der Waals surface area contributed by atoms with Gasteiger partial charge in [-0.2, -0.15) is 0 Å². The second kappa shape index (κ2) is 5.07. The number of halogens is 3. The second-order valence-electron chi connectivity index (χ2n) is 4.13. The minimum atomic E-state index is -0.116. The Hall–Kier alpha value is -0.0500. The summed E-state index contributed by atoms with van der Waals surface area (Å²) < 4.78 is 0. The van der Waals surface area contributed by atoms with Crippen LogP contribution in [0.1, 0.15) is 18.4 Å². The van der Waals surface area contributed by atoms with E-state index in [1.54, 1.807) is 6.07 Å². The molecule has 0 amide bonds. The smallest absolute Gasteiger partial charge is 0.149 e. The van der Waals surface area contributed by atoms with Crippen LogP contribution in [-0.2, 0) is 11.2 Å². The first-order valence-corrected chi connectivity index (χ1v) is 6.86. The lowest BCUT2D eigenvalue weighted by molar-refractivity contribution is -0.119. The molecule has 2 rings (SSSR count). The minimum Gasteiger partial charge on any atom is -0.298 e. The van der Waals surface area contributed by atoms with Gasteiger partial charge >= 0.3 is 0 Å². The molecule has 0 heterocycles. The molecule has 1 unspecified atom stereocenters. The first kappa shape index (κ1) is 12.4. The summed E-state index contributed by atoms with van der Waals surface area (Å²) in [6.45, 7) is 0. The Labute approximate surface area is 113 Å². The maximum atomic E-state index is 11.8. The average molecular weight is 322 g/mol. The zero-order valence-electron chi connectivity index (χ0n) is 8.55. The third-order valence-electron chi connectivity index (χ3n) is 2.63. The summed E-state index contributed by atoms with van der Waals surface area (Å²) in [7, 11) is 0. The molecule has 1 aromatic carbocycles. The van der Waals surface area contributed by atoms with E-state index in [0.29, 0.717) is 22.2 Å². The van der Waals surface area contributed by atoms with Crippen molar-refractivity contribution in [1.29, 1.82) is 0 Å². The molecule has 1 aromatic rings. The SMILES string of the molecule is O=C(C(Br)Cc1cc(Cl)cc(Cl)c1)C1CC1. The van der Waals surface area contributed by atoms with Crippen molar-refractivity contribution in [1.82, 2.24) is 0 Å². The molecule has 1 nitrogen and oxygen atoms in total. The Morgan fingerprint density at radius 3 is 2.38 bits per heavy atom. The Morgan fingerprint density at radius 1 is 1.31 bits per heavy atom. The van der Waals surface area contributed by atoms with Crippen LogP contribution >= 0.6 is 39.1 Å². The van der Waals surface area contributed by atoms with Crippen LogP contribution in [0.15, 0.2) is 18.2 Å². The van der Waals surface area contributed by atoms with Crippen molar-refractivity contribution in [2.75, 3.05) is 0 Å². The minimum absolute atomic E-state index is 0.116. The molecule has 0 bridgehead atoms. The number of alkyl halides is 1. The summed E-state index contributed by atoms with van der Waals surface area (Å²) in [5.74, 6) is 0.579. The topological polar surface area (TPSA) is 17.1 Å². The first-order valence-electron chi connectivity index (χ1n) is 5.19. The van der Waals surface area contributed by atoms with Crippen LogP contribution in [0.3, 0.4) is 0 Å². The van der Waals surface area contributed by atoms with Gasteiger partial charge in [-0.3, -0.25) is 4.79 Å². The highest BCUT2D eigenvalue weighted by molar-refractivity contribution is 9.10. The van der Waals surface area contributed by atoms with Gasteiger partial charge in [-0.1, -0.05) is 39.1 Å². The van der Waals surface area contributed by atoms with E-state index < -0.39 is 0 Å². The number of benzene rings is 1. The summed E-state index contributed by atoms with van der Waals surface area (Å²) in [6.07, 6.45) is 2.73. The summed E-state index contributed by atoms with van der Waals surface area (Å²) in [5.41, 5.74) is 0.994. The van der Waals surface area contributed by atoms with Crippen molar-refractivity contribution < 1.29 is 4.79 Å². The maximum absolute atomic E-state index is 11.8. The average Bonchev–Trinajstić information content (AvgIpc) is 2.97. The number of hydrogen-bond acceptors (Lipinski definition) is 1. The summed E-state index contributed by atoms with van der Waals surface area (Å²) >= 11 is 15.2. The predicted molar refractivity (Wildman–Crippen MR) is 70.6 cm³/mol. The molecule has 0 aromatic heterocycles. The second-order valence-corrected chi connectivity index (χ2v) is 6.10. The Morgan fingerprint density at radius 2 is 1.88 bits per heavy atom. The van der Waals surface area contributed by atoms with Crippen molar-refractivity contribution in [3.8, 4) is 0 Å². The molecule has 0 aliphatic heterocycles. The van der Waals surface area contributed by atoms with Crippen molar-refractivity contribution in [2.45, 2.75) is 24.1 Å². The lowest BCUT2D eigenvalue weighted by Gasteiger charge is -2.09. The highest BCUT2D eigenvalue weighted by Crippen LogP contribution is 2.33. The van der Waals surface area contributed by atoms with E-state index in [4.69, 9.17) is 23.2 Å². The molecule has 86 valence electrons. The molecule has 1 aliphatic rings. The van der Waals surface area contributed by atoms with Crippen molar-refractivity contribution >= 4 is 44.9 Å². The maximum Gasteiger partial charge on any atom is 0.149 e. The van der Waals surface area contributed by atoms with E-state index in [-0.39, 0.29) is 10.7 Å². The predicted octanol–water partition coefficient (Wildman–Crippen LogP) is 4.28. The van der Waals surface area contributed by atoms with Crippen LogP contribution in [-0.4, -0.2) is 10.6 Å². The van der Waals surface area contributed by atoms with Crippen molar-refractivity contribution in [3.05, 3.63) is 33.8 Å². The normalized spacial score (nSPS) is 17.2. The monoisotopic (exact) mass is 320 g/mol. The Bertz CT molecular complexity index is 395. The first-order chi connectivity index (χ1) is 7.56. The fourth-order valence-electron chi connectivity index (χ4n) is 1.66. The van der Waals surface area contributed by atoms with Gasteiger partial charge in [-0.15, -0.1) is 0 Å². The van der Waals surface area contributed by atoms with Gasteiger partial charge in [0.25, 0.3) is 0 Å². The van der Waals surface area contributed by atoms with E-state index in [0.717, 1.165) is 18.4 Å². The van der Waals surface area contributed by atoms with Gasteiger partial charge in [-0.25, -0.2) is 0 Å². The number of carbonyl (C=O) groups excluding carboxylic acids is 1. The van der Waals surface area contributed by atoms with E-state index in [1.165, 1.54) is 0 Å². The molecule has 0 N–H and O–H groups in total. The van der Waals surface area contributed by atoms with Crippen LogP contribution in [0.5, 0.6) is 0 Å².